The Balaban J connectivity index is 0.00000218. The van der Waals surface area contributed by atoms with E-state index in [1.807, 2.05) is 18.2 Å². The smallest absolute Gasteiger partial charge is 0.338 e. The van der Waals surface area contributed by atoms with Gasteiger partial charge in [0.2, 0.25) is 5.96 Å². The largest absolute Gasteiger partial charge is 0.465 e. The number of hydrogen-bond acceptors (Lipinski definition) is 5. The monoisotopic (exact) mass is 463 g/mol. The van der Waals surface area contributed by atoms with Gasteiger partial charge in [-0.2, -0.15) is 0 Å². The molecule has 0 saturated carbocycles. The SMILES string of the molecule is Br.COC(=O)c1ccccc1-c1ccc(CN2C3=NCCN3c3ccccc32)cc1. The van der Waals surface area contributed by atoms with E-state index in [1.165, 1.54) is 24.0 Å². The molecular formula is C24H22BrN3O2. The molecule has 0 atom stereocenters. The van der Waals surface area contributed by atoms with Crippen LogP contribution < -0.4 is 9.80 Å². The Labute approximate surface area is 186 Å². The van der Waals surface area contributed by atoms with Gasteiger partial charge in [-0.1, -0.05) is 54.6 Å². The summed E-state index contributed by atoms with van der Waals surface area (Å²) in [6, 6.07) is 24.3. The summed E-state index contributed by atoms with van der Waals surface area (Å²) in [6.45, 7) is 2.53. The van der Waals surface area contributed by atoms with Gasteiger partial charge in [0.25, 0.3) is 0 Å². The van der Waals surface area contributed by atoms with Crippen molar-refractivity contribution in [3.8, 4) is 11.1 Å². The van der Waals surface area contributed by atoms with Crippen LogP contribution in [-0.4, -0.2) is 32.1 Å². The van der Waals surface area contributed by atoms with Gasteiger partial charge in [0.05, 0.1) is 37.1 Å². The molecule has 152 valence electrons. The summed E-state index contributed by atoms with van der Waals surface area (Å²) in [5.41, 5.74) is 6.07. The molecule has 0 spiro atoms. The minimum absolute atomic E-state index is 0. The number of esters is 1. The molecule has 0 saturated heterocycles. The van der Waals surface area contributed by atoms with Gasteiger partial charge in [-0.05, 0) is 34.9 Å². The third kappa shape index (κ3) is 3.37. The lowest BCUT2D eigenvalue weighted by molar-refractivity contribution is 0.0601. The number of aliphatic imine (C=N–C) groups is 1. The van der Waals surface area contributed by atoms with Gasteiger partial charge in [-0.3, -0.25) is 4.99 Å². The van der Waals surface area contributed by atoms with Crippen LogP contribution in [0.15, 0.2) is 77.8 Å². The summed E-state index contributed by atoms with van der Waals surface area (Å²) in [7, 11) is 1.41. The summed E-state index contributed by atoms with van der Waals surface area (Å²) >= 11 is 0. The van der Waals surface area contributed by atoms with Gasteiger partial charge < -0.3 is 14.5 Å². The second-order valence-electron chi connectivity index (χ2n) is 7.14. The molecule has 0 fully saturated rings. The first kappa shape index (κ1) is 20.2. The lowest BCUT2D eigenvalue weighted by atomic mass is 9.98. The van der Waals surface area contributed by atoms with E-state index < -0.39 is 0 Å². The van der Waals surface area contributed by atoms with Crippen molar-refractivity contribution in [1.82, 2.24) is 0 Å². The van der Waals surface area contributed by atoms with Crippen LogP contribution in [0.3, 0.4) is 0 Å². The quantitative estimate of drug-likeness (QED) is 0.515. The number of para-hydroxylation sites is 2. The van der Waals surface area contributed by atoms with E-state index in [9.17, 15) is 4.79 Å². The van der Waals surface area contributed by atoms with E-state index in [4.69, 9.17) is 9.73 Å². The highest BCUT2D eigenvalue weighted by Crippen LogP contribution is 2.39. The van der Waals surface area contributed by atoms with E-state index in [1.54, 1.807) is 6.07 Å². The maximum absolute atomic E-state index is 12.1. The third-order valence-electron chi connectivity index (χ3n) is 5.46. The Bertz CT molecular complexity index is 1110. The van der Waals surface area contributed by atoms with Gasteiger partial charge in [0.15, 0.2) is 0 Å². The predicted molar refractivity (Wildman–Crippen MR) is 126 cm³/mol. The number of halogens is 1. The van der Waals surface area contributed by atoms with Gasteiger partial charge in [0, 0.05) is 6.54 Å². The van der Waals surface area contributed by atoms with E-state index in [2.05, 4.69) is 58.3 Å². The molecule has 5 nitrogen and oxygen atoms in total. The highest BCUT2D eigenvalue weighted by Gasteiger charge is 2.34. The van der Waals surface area contributed by atoms with Crippen LogP contribution in [0.1, 0.15) is 15.9 Å². The van der Waals surface area contributed by atoms with Crippen molar-refractivity contribution in [1.29, 1.82) is 0 Å². The van der Waals surface area contributed by atoms with Crippen molar-refractivity contribution in [2.75, 3.05) is 30.0 Å². The zero-order chi connectivity index (χ0) is 19.8. The number of rotatable bonds is 4. The number of anilines is 2. The third-order valence-corrected chi connectivity index (χ3v) is 5.46. The molecule has 30 heavy (non-hydrogen) atoms. The van der Waals surface area contributed by atoms with Crippen molar-refractivity contribution in [2.45, 2.75) is 6.54 Å². The molecule has 3 aromatic carbocycles. The first-order valence-corrected chi connectivity index (χ1v) is 9.71. The number of hydrogen-bond donors (Lipinski definition) is 0. The molecule has 0 aliphatic carbocycles. The molecule has 0 aromatic heterocycles. The number of ether oxygens (including phenoxy) is 1. The molecule has 0 N–H and O–H groups in total. The minimum atomic E-state index is -0.322. The molecule has 3 aromatic rings. The second kappa shape index (κ2) is 8.32. The molecule has 6 heteroatoms. The van der Waals surface area contributed by atoms with Gasteiger partial charge in [0.1, 0.15) is 0 Å². The second-order valence-corrected chi connectivity index (χ2v) is 7.14. The number of nitrogens with zero attached hydrogens (tertiary/aromatic N) is 3. The van der Waals surface area contributed by atoms with Crippen molar-refractivity contribution in [3.63, 3.8) is 0 Å². The fourth-order valence-electron chi connectivity index (χ4n) is 4.07. The molecular weight excluding hydrogens is 442 g/mol. The zero-order valence-electron chi connectivity index (χ0n) is 16.6. The Kier molecular flexibility index (Phi) is 5.59. The Morgan fingerprint density at radius 1 is 0.967 bits per heavy atom. The molecule has 5 rings (SSSR count). The van der Waals surface area contributed by atoms with Gasteiger partial charge >= 0.3 is 5.97 Å². The number of guanidine groups is 1. The fraction of sp³-hybridized carbons (Fsp3) is 0.167. The maximum atomic E-state index is 12.1. The number of methoxy groups -OCH3 is 1. The summed E-state index contributed by atoms with van der Waals surface area (Å²) in [6.07, 6.45) is 0. The van der Waals surface area contributed by atoms with E-state index in [0.717, 1.165) is 36.7 Å². The Morgan fingerprint density at radius 3 is 2.43 bits per heavy atom. The highest BCUT2D eigenvalue weighted by molar-refractivity contribution is 8.93. The molecule has 0 radical (unpaired) electrons. The van der Waals surface area contributed by atoms with Crippen LogP contribution in [0, 0.1) is 0 Å². The van der Waals surface area contributed by atoms with Gasteiger partial charge in [-0.15, -0.1) is 17.0 Å². The average Bonchev–Trinajstić information content (AvgIpc) is 3.36. The first-order valence-electron chi connectivity index (χ1n) is 9.71. The molecule has 2 heterocycles. The van der Waals surface area contributed by atoms with E-state index in [-0.39, 0.29) is 23.0 Å². The van der Waals surface area contributed by atoms with Crippen molar-refractivity contribution < 1.29 is 9.53 Å². The maximum Gasteiger partial charge on any atom is 0.338 e. The number of benzene rings is 3. The number of carbonyl (C=O) groups is 1. The number of fused-ring (bicyclic) bond motifs is 3. The summed E-state index contributed by atoms with van der Waals surface area (Å²) in [5.74, 6) is 0.712. The van der Waals surface area contributed by atoms with Crippen LogP contribution in [0.4, 0.5) is 11.4 Å². The summed E-state index contributed by atoms with van der Waals surface area (Å²) in [4.78, 5) is 21.4. The van der Waals surface area contributed by atoms with Crippen molar-refractivity contribution in [2.24, 2.45) is 4.99 Å². The average molecular weight is 464 g/mol. The number of carbonyl (C=O) groups excluding carboxylic acids is 1. The van der Waals surface area contributed by atoms with Crippen LogP contribution >= 0.6 is 17.0 Å². The summed E-state index contributed by atoms with van der Waals surface area (Å²) < 4.78 is 4.92. The molecule has 2 aliphatic rings. The summed E-state index contributed by atoms with van der Waals surface area (Å²) in [5, 5.41) is 0. The first-order chi connectivity index (χ1) is 14.3. The predicted octanol–water partition coefficient (Wildman–Crippen LogP) is 4.91. The molecule has 0 bridgehead atoms. The normalized spacial score (nSPS) is 14.0. The lowest BCUT2D eigenvalue weighted by Gasteiger charge is -2.20. The van der Waals surface area contributed by atoms with Crippen LogP contribution in [0.25, 0.3) is 11.1 Å². The van der Waals surface area contributed by atoms with Crippen LogP contribution in [0.2, 0.25) is 0 Å². The van der Waals surface area contributed by atoms with Crippen LogP contribution in [0.5, 0.6) is 0 Å². The van der Waals surface area contributed by atoms with E-state index in [0.29, 0.717) is 5.56 Å². The highest BCUT2D eigenvalue weighted by atomic mass is 79.9. The van der Waals surface area contributed by atoms with E-state index >= 15 is 0 Å². The fourth-order valence-corrected chi connectivity index (χ4v) is 4.07. The molecule has 2 aliphatic heterocycles. The molecule has 0 unspecified atom stereocenters. The lowest BCUT2D eigenvalue weighted by Crippen LogP contribution is -2.34. The zero-order valence-corrected chi connectivity index (χ0v) is 18.3. The Morgan fingerprint density at radius 2 is 1.67 bits per heavy atom. The van der Waals surface area contributed by atoms with Crippen molar-refractivity contribution in [3.05, 3.63) is 83.9 Å². The standard InChI is InChI=1S/C24H21N3O2.BrH/c1-29-23(28)20-7-3-2-6-19(20)18-12-10-17(11-13-18)16-27-22-9-5-4-8-21(22)26-15-14-25-24(26)27;/h2-13H,14-16H2,1H3;1H. The minimum Gasteiger partial charge on any atom is -0.465 e. The molecule has 0 amide bonds. The Hall–Kier alpha value is -3.12. The topological polar surface area (TPSA) is 45.1 Å². The van der Waals surface area contributed by atoms with Gasteiger partial charge in [-0.25, -0.2) is 4.79 Å². The van der Waals surface area contributed by atoms with Crippen LogP contribution in [-0.2, 0) is 11.3 Å². The van der Waals surface area contributed by atoms with Crippen molar-refractivity contribution >= 4 is 40.3 Å².